The fraction of sp³-hybridized carbons (Fsp3) is 0.462. The summed E-state index contributed by atoms with van der Waals surface area (Å²) in [5, 5.41) is 12.4. The second-order valence-corrected chi connectivity index (χ2v) is 4.51. The van der Waals surface area contributed by atoms with E-state index < -0.39 is 5.54 Å². The molecule has 0 saturated carbocycles. The highest BCUT2D eigenvalue weighted by atomic mass is 19.1. The Morgan fingerprint density at radius 1 is 1.59 bits per heavy atom. The van der Waals surface area contributed by atoms with Crippen LogP contribution in [0, 0.1) is 23.1 Å². The number of nitrogens with zero attached hydrogens (tertiary/aromatic N) is 1. The molecule has 0 radical (unpaired) electrons. The molecule has 0 aliphatic carbocycles. The van der Waals surface area contributed by atoms with Gasteiger partial charge in [0.2, 0.25) is 0 Å². The van der Waals surface area contributed by atoms with Gasteiger partial charge in [-0.2, -0.15) is 5.26 Å². The number of benzene rings is 1. The van der Waals surface area contributed by atoms with Crippen LogP contribution in [0.25, 0.3) is 0 Å². The maximum atomic E-state index is 13.1. The van der Waals surface area contributed by atoms with Crippen LogP contribution < -0.4 is 5.32 Å². The zero-order valence-corrected chi connectivity index (χ0v) is 9.74. The number of nitrogens with one attached hydrogen (secondary N) is 1. The number of hydrogen-bond donors (Lipinski definition) is 1. The number of anilines is 1. The van der Waals surface area contributed by atoms with Crippen molar-refractivity contribution in [1.29, 1.82) is 5.26 Å². The Bertz CT molecular complexity index is 437. The van der Waals surface area contributed by atoms with Crippen LogP contribution >= 0.6 is 0 Å². The molecule has 1 heterocycles. The molecule has 2 unspecified atom stereocenters. The van der Waals surface area contributed by atoms with Crippen molar-refractivity contribution in [1.82, 2.24) is 0 Å². The van der Waals surface area contributed by atoms with Gasteiger partial charge >= 0.3 is 0 Å². The highest BCUT2D eigenvalue weighted by Crippen LogP contribution is 2.29. The lowest BCUT2D eigenvalue weighted by Crippen LogP contribution is -2.41. The molecule has 1 fully saturated rings. The lowest BCUT2D eigenvalue weighted by Gasteiger charge is -2.29. The number of hydrogen-bond acceptors (Lipinski definition) is 3. The highest BCUT2D eigenvalue weighted by Gasteiger charge is 2.37. The first-order chi connectivity index (χ1) is 8.14. The van der Waals surface area contributed by atoms with Crippen LogP contribution in [0.15, 0.2) is 24.3 Å². The van der Waals surface area contributed by atoms with Gasteiger partial charge in [-0.1, -0.05) is 6.07 Å². The molecule has 0 amide bonds. The van der Waals surface area contributed by atoms with Crippen molar-refractivity contribution in [3.8, 4) is 6.07 Å². The van der Waals surface area contributed by atoms with Crippen LogP contribution in [-0.4, -0.2) is 18.8 Å². The third-order valence-corrected chi connectivity index (χ3v) is 3.21. The minimum Gasteiger partial charge on any atom is -0.381 e. The van der Waals surface area contributed by atoms with Gasteiger partial charge in [0.05, 0.1) is 12.7 Å². The van der Waals surface area contributed by atoms with Crippen molar-refractivity contribution in [2.24, 2.45) is 5.92 Å². The Morgan fingerprint density at radius 3 is 3.00 bits per heavy atom. The summed E-state index contributed by atoms with van der Waals surface area (Å²) in [6.07, 6.45) is 0.854. The largest absolute Gasteiger partial charge is 0.381 e. The Kier molecular flexibility index (Phi) is 3.30. The molecule has 0 aromatic heterocycles. The minimum absolute atomic E-state index is 0.135. The summed E-state index contributed by atoms with van der Waals surface area (Å²) in [6.45, 7) is 3.09. The van der Waals surface area contributed by atoms with E-state index in [0.717, 1.165) is 6.42 Å². The van der Waals surface area contributed by atoms with Crippen molar-refractivity contribution in [2.45, 2.75) is 18.9 Å². The van der Waals surface area contributed by atoms with Crippen LogP contribution in [0.4, 0.5) is 10.1 Å². The Hall–Kier alpha value is -1.60. The van der Waals surface area contributed by atoms with Crippen molar-refractivity contribution in [3.05, 3.63) is 30.1 Å². The van der Waals surface area contributed by atoms with Gasteiger partial charge in [-0.25, -0.2) is 4.39 Å². The third-order valence-electron chi connectivity index (χ3n) is 3.21. The molecule has 3 nitrogen and oxygen atoms in total. The van der Waals surface area contributed by atoms with E-state index in [2.05, 4.69) is 11.4 Å². The van der Waals surface area contributed by atoms with Crippen molar-refractivity contribution in [2.75, 3.05) is 18.5 Å². The quantitative estimate of drug-likeness (QED) is 0.874. The monoisotopic (exact) mass is 234 g/mol. The van der Waals surface area contributed by atoms with Gasteiger partial charge in [0.1, 0.15) is 11.4 Å². The number of nitriles is 1. The second-order valence-electron chi connectivity index (χ2n) is 4.51. The second kappa shape index (κ2) is 4.72. The van der Waals surface area contributed by atoms with Crippen LogP contribution in [0.1, 0.15) is 13.3 Å². The minimum atomic E-state index is -0.718. The predicted octanol–water partition coefficient (Wildman–Crippen LogP) is 2.56. The van der Waals surface area contributed by atoms with E-state index in [-0.39, 0.29) is 11.7 Å². The first kappa shape index (κ1) is 11.9. The molecule has 4 heteroatoms. The lowest BCUT2D eigenvalue weighted by molar-refractivity contribution is 0.178. The third kappa shape index (κ3) is 2.56. The molecule has 2 atom stereocenters. The molecule has 1 aromatic rings. The molecule has 1 N–H and O–H groups in total. The Balaban J connectivity index is 2.17. The predicted molar refractivity (Wildman–Crippen MR) is 63.0 cm³/mol. The topological polar surface area (TPSA) is 45.0 Å². The summed E-state index contributed by atoms with van der Waals surface area (Å²) in [6, 6.07) is 8.44. The number of halogens is 1. The molecule has 1 aliphatic rings. The maximum Gasteiger partial charge on any atom is 0.127 e. The first-order valence-electron chi connectivity index (χ1n) is 5.67. The smallest absolute Gasteiger partial charge is 0.127 e. The summed E-state index contributed by atoms with van der Waals surface area (Å²) in [5.74, 6) is -0.172. The fourth-order valence-corrected chi connectivity index (χ4v) is 2.08. The van der Waals surface area contributed by atoms with Crippen molar-refractivity contribution >= 4 is 5.69 Å². The maximum absolute atomic E-state index is 13.1. The average Bonchev–Trinajstić information content (AvgIpc) is 2.83. The van der Waals surface area contributed by atoms with Gasteiger partial charge < -0.3 is 10.1 Å². The van der Waals surface area contributed by atoms with Gasteiger partial charge in [0, 0.05) is 18.2 Å². The molecular weight excluding hydrogens is 219 g/mol. The van der Waals surface area contributed by atoms with Gasteiger partial charge in [0.15, 0.2) is 0 Å². The molecule has 2 rings (SSSR count). The summed E-state index contributed by atoms with van der Waals surface area (Å²) < 4.78 is 18.4. The summed E-state index contributed by atoms with van der Waals surface area (Å²) >= 11 is 0. The lowest BCUT2D eigenvalue weighted by atomic mass is 9.86. The van der Waals surface area contributed by atoms with E-state index in [4.69, 9.17) is 4.74 Å². The Morgan fingerprint density at radius 2 is 2.41 bits per heavy atom. The van der Waals surface area contributed by atoms with Gasteiger partial charge in [-0.05, 0) is 31.5 Å². The molecule has 0 bridgehead atoms. The fourth-order valence-electron chi connectivity index (χ4n) is 2.08. The average molecular weight is 234 g/mol. The van der Waals surface area contributed by atoms with Crippen molar-refractivity contribution in [3.63, 3.8) is 0 Å². The number of rotatable bonds is 3. The number of ether oxygens (including phenoxy) is 1. The van der Waals surface area contributed by atoms with Gasteiger partial charge in [-0.15, -0.1) is 0 Å². The zero-order valence-electron chi connectivity index (χ0n) is 9.74. The van der Waals surface area contributed by atoms with Gasteiger partial charge in [-0.3, -0.25) is 0 Å². The molecular formula is C13H15FN2O. The van der Waals surface area contributed by atoms with E-state index in [1.807, 2.05) is 6.92 Å². The van der Waals surface area contributed by atoms with Crippen molar-refractivity contribution < 1.29 is 9.13 Å². The highest BCUT2D eigenvalue weighted by molar-refractivity contribution is 5.48. The molecule has 0 spiro atoms. The molecule has 17 heavy (non-hydrogen) atoms. The summed E-state index contributed by atoms with van der Waals surface area (Å²) in [5.41, 5.74) is -0.0921. The molecule has 1 aliphatic heterocycles. The standard InChI is InChI=1S/C13H15FN2O/c1-13(9-15,10-5-6-17-8-10)16-12-4-2-3-11(14)7-12/h2-4,7,10,16H,5-6,8H2,1H3. The normalized spacial score (nSPS) is 22.8. The van der Waals surface area contributed by atoms with E-state index in [1.54, 1.807) is 12.1 Å². The van der Waals surface area contributed by atoms with E-state index >= 15 is 0 Å². The SMILES string of the molecule is CC(C#N)(Nc1cccc(F)c1)C1CCOC1. The van der Waals surface area contributed by atoms with Crippen LogP contribution in [0.2, 0.25) is 0 Å². The first-order valence-corrected chi connectivity index (χ1v) is 5.67. The van der Waals surface area contributed by atoms with Gasteiger partial charge in [0.25, 0.3) is 0 Å². The van der Waals surface area contributed by atoms with E-state index in [9.17, 15) is 9.65 Å². The molecule has 1 saturated heterocycles. The molecule has 1 aromatic carbocycles. The summed E-state index contributed by atoms with van der Waals surface area (Å²) in [4.78, 5) is 0. The Labute approximate surface area is 100 Å². The van der Waals surface area contributed by atoms with Crippen LogP contribution in [0.3, 0.4) is 0 Å². The summed E-state index contributed by atoms with van der Waals surface area (Å²) in [7, 11) is 0. The van der Waals surface area contributed by atoms with E-state index in [0.29, 0.717) is 18.9 Å². The molecule has 90 valence electrons. The van der Waals surface area contributed by atoms with Crippen LogP contribution in [-0.2, 0) is 4.74 Å². The zero-order chi connectivity index (χ0) is 12.3. The van der Waals surface area contributed by atoms with E-state index in [1.165, 1.54) is 12.1 Å². The van der Waals surface area contributed by atoms with Crippen LogP contribution in [0.5, 0.6) is 0 Å².